The highest BCUT2D eigenvalue weighted by Gasteiger charge is 2.45. The number of nitriles is 1. The second-order valence-corrected chi connectivity index (χ2v) is 7.62. The molecule has 6 nitrogen and oxygen atoms in total. The summed E-state index contributed by atoms with van der Waals surface area (Å²) in [5.74, 6) is 1.56. The molecule has 3 heterocycles. The predicted octanol–water partition coefficient (Wildman–Crippen LogP) is 2.70. The van der Waals surface area contributed by atoms with E-state index in [1.54, 1.807) is 12.1 Å². The fourth-order valence-corrected chi connectivity index (χ4v) is 4.34. The molecule has 0 spiro atoms. The average Bonchev–Trinajstić information content (AvgIpc) is 3.30. The van der Waals surface area contributed by atoms with Gasteiger partial charge in [-0.2, -0.15) is 5.26 Å². The van der Waals surface area contributed by atoms with Crippen LogP contribution in [0.15, 0.2) is 30.0 Å². The lowest BCUT2D eigenvalue weighted by Crippen LogP contribution is -2.33. The number of fused-ring (bicyclic) bond motifs is 1. The molecule has 1 amide bonds. The van der Waals surface area contributed by atoms with Crippen LogP contribution < -0.4 is 4.74 Å². The van der Waals surface area contributed by atoms with Gasteiger partial charge in [0.05, 0.1) is 24.9 Å². The van der Waals surface area contributed by atoms with Crippen molar-refractivity contribution in [2.75, 3.05) is 26.3 Å². The van der Waals surface area contributed by atoms with Gasteiger partial charge in [-0.3, -0.25) is 4.79 Å². The van der Waals surface area contributed by atoms with Crippen LogP contribution in [0.3, 0.4) is 0 Å². The largest absolute Gasteiger partial charge is 0.478 e. The van der Waals surface area contributed by atoms with Crippen molar-refractivity contribution in [3.8, 4) is 11.9 Å². The number of hydrogen-bond donors (Lipinski definition) is 0. The molecule has 2 fully saturated rings. The van der Waals surface area contributed by atoms with Gasteiger partial charge >= 0.3 is 0 Å². The molecule has 3 atom stereocenters. The van der Waals surface area contributed by atoms with Crippen molar-refractivity contribution in [1.29, 1.82) is 5.26 Å². The lowest BCUT2D eigenvalue weighted by molar-refractivity contribution is -0.127. The van der Waals surface area contributed by atoms with Gasteiger partial charge in [0, 0.05) is 36.8 Å². The van der Waals surface area contributed by atoms with Crippen LogP contribution in [0.25, 0.3) is 0 Å². The number of ether oxygens (including phenoxy) is 2. The molecule has 0 unspecified atom stereocenters. The Morgan fingerprint density at radius 2 is 2.30 bits per heavy atom. The molecule has 2 aliphatic heterocycles. The molecule has 6 heteroatoms. The summed E-state index contributed by atoms with van der Waals surface area (Å²) in [6.07, 6.45) is 8.95. The molecule has 0 radical (unpaired) electrons. The molecule has 0 aromatic carbocycles. The zero-order valence-corrected chi connectivity index (χ0v) is 15.5. The highest BCUT2D eigenvalue weighted by molar-refractivity contribution is 5.93. The Hall–Kier alpha value is -2.39. The third-order valence-corrected chi connectivity index (χ3v) is 5.90. The van der Waals surface area contributed by atoms with Gasteiger partial charge in [0.1, 0.15) is 6.07 Å². The van der Waals surface area contributed by atoms with Crippen LogP contribution in [0.4, 0.5) is 0 Å². The SMILES string of the molecule is N#Cc1ccc(OCC[C@@H]2CO[C@@H]3CN(C(=O)C4=CCCCC4)C[C@H]23)nc1. The maximum atomic E-state index is 12.7. The van der Waals surface area contributed by atoms with Crippen molar-refractivity contribution in [1.82, 2.24) is 9.88 Å². The average molecular weight is 367 g/mol. The molecule has 0 N–H and O–H groups in total. The Labute approximate surface area is 159 Å². The molecular formula is C21H25N3O3. The summed E-state index contributed by atoms with van der Waals surface area (Å²) in [6.45, 7) is 2.81. The number of hydrogen-bond acceptors (Lipinski definition) is 5. The van der Waals surface area contributed by atoms with Gasteiger partial charge in [-0.15, -0.1) is 0 Å². The topological polar surface area (TPSA) is 75.5 Å². The lowest BCUT2D eigenvalue weighted by atomic mass is 9.91. The zero-order valence-electron chi connectivity index (χ0n) is 15.5. The van der Waals surface area contributed by atoms with Crippen LogP contribution in [-0.2, 0) is 9.53 Å². The van der Waals surface area contributed by atoms with E-state index in [-0.39, 0.29) is 12.0 Å². The first-order chi connectivity index (χ1) is 13.2. The van der Waals surface area contributed by atoms with Crippen molar-refractivity contribution in [3.63, 3.8) is 0 Å². The van der Waals surface area contributed by atoms with Crippen molar-refractivity contribution >= 4 is 5.91 Å². The van der Waals surface area contributed by atoms with E-state index in [0.717, 1.165) is 51.0 Å². The molecular weight excluding hydrogens is 342 g/mol. The van der Waals surface area contributed by atoms with Crippen molar-refractivity contribution in [2.24, 2.45) is 11.8 Å². The van der Waals surface area contributed by atoms with E-state index >= 15 is 0 Å². The fourth-order valence-electron chi connectivity index (χ4n) is 4.34. The summed E-state index contributed by atoms with van der Waals surface area (Å²) in [5.41, 5.74) is 1.52. The number of pyridine rings is 1. The molecule has 3 aliphatic rings. The van der Waals surface area contributed by atoms with Crippen molar-refractivity contribution in [2.45, 2.75) is 38.2 Å². The van der Waals surface area contributed by atoms with Crippen molar-refractivity contribution in [3.05, 3.63) is 35.5 Å². The minimum atomic E-state index is 0.163. The Morgan fingerprint density at radius 1 is 1.37 bits per heavy atom. The molecule has 142 valence electrons. The number of likely N-dealkylation sites (tertiary alicyclic amines) is 1. The van der Waals surface area contributed by atoms with Crippen LogP contribution >= 0.6 is 0 Å². The van der Waals surface area contributed by atoms with Crippen LogP contribution in [-0.4, -0.2) is 48.2 Å². The molecule has 1 aliphatic carbocycles. The van der Waals surface area contributed by atoms with Gasteiger partial charge in [-0.1, -0.05) is 6.08 Å². The smallest absolute Gasteiger partial charge is 0.249 e. The molecule has 0 saturated carbocycles. The number of nitrogens with zero attached hydrogens (tertiary/aromatic N) is 3. The third-order valence-electron chi connectivity index (χ3n) is 5.90. The Morgan fingerprint density at radius 3 is 3.04 bits per heavy atom. The summed E-state index contributed by atoms with van der Waals surface area (Å²) >= 11 is 0. The Balaban J connectivity index is 1.27. The Kier molecular flexibility index (Phi) is 5.40. The fraction of sp³-hybridized carbons (Fsp3) is 0.571. The predicted molar refractivity (Wildman–Crippen MR) is 98.9 cm³/mol. The highest BCUT2D eigenvalue weighted by atomic mass is 16.5. The van der Waals surface area contributed by atoms with Crippen LogP contribution in [0, 0.1) is 23.2 Å². The van der Waals surface area contributed by atoms with E-state index in [1.807, 2.05) is 11.0 Å². The van der Waals surface area contributed by atoms with E-state index in [1.165, 1.54) is 12.6 Å². The summed E-state index contributed by atoms with van der Waals surface area (Å²) in [7, 11) is 0. The number of rotatable bonds is 5. The first kappa shape index (κ1) is 18.0. The quantitative estimate of drug-likeness (QED) is 0.800. The molecule has 27 heavy (non-hydrogen) atoms. The summed E-state index contributed by atoms with van der Waals surface area (Å²) in [4.78, 5) is 18.9. The van der Waals surface area contributed by atoms with Gasteiger partial charge in [-0.25, -0.2) is 4.98 Å². The van der Waals surface area contributed by atoms with Gasteiger partial charge in [0.25, 0.3) is 0 Å². The lowest BCUT2D eigenvalue weighted by Gasteiger charge is -2.22. The van der Waals surface area contributed by atoms with Gasteiger partial charge in [0.2, 0.25) is 11.8 Å². The summed E-state index contributed by atoms with van der Waals surface area (Å²) < 4.78 is 11.7. The normalized spacial score (nSPS) is 27.0. The van der Waals surface area contributed by atoms with Gasteiger partial charge in [-0.05, 0) is 44.1 Å². The number of aromatic nitrogens is 1. The van der Waals surface area contributed by atoms with E-state index in [2.05, 4.69) is 11.1 Å². The van der Waals surface area contributed by atoms with Crippen LogP contribution in [0.1, 0.15) is 37.7 Å². The number of carbonyl (C=O) groups is 1. The molecule has 0 bridgehead atoms. The second-order valence-electron chi connectivity index (χ2n) is 7.62. The molecule has 1 aromatic heterocycles. The summed E-state index contributed by atoms with van der Waals surface area (Å²) in [6, 6.07) is 5.47. The summed E-state index contributed by atoms with van der Waals surface area (Å²) in [5, 5.41) is 8.80. The Bertz CT molecular complexity index is 753. The monoisotopic (exact) mass is 367 g/mol. The highest BCUT2D eigenvalue weighted by Crippen LogP contribution is 2.36. The van der Waals surface area contributed by atoms with Crippen molar-refractivity contribution < 1.29 is 14.3 Å². The zero-order chi connectivity index (χ0) is 18.6. The van der Waals surface area contributed by atoms with E-state index in [0.29, 0.717) is 29.9 Å². The van der Waals surface area contributed by atoms with E-state index in [9.17, 15) is 4.79 Å². The van der Waals surface area contributed by atoms with Gasteiger partial charge < -0.3 is 14.4 Å². The van der Waals surface area contributed by atoms with E-state index in [4.69, 9.17) is 14.7 Å². The molecule has 1 aromatic rings. The first-order valence-electron chi connectivity index (χ1n) is 9.83. The minimum absolute atomic E-state index is 0.163. The number of allylic oxidation sites excluding steroid dienone is 1. The van der Waals surface area contributed by atoms with Crippen LogP contribution in [0.5, 0.6) is 5.88 Å². The van der Waals surface area contributed by atoms with E-state index < -0.39 is 0 Å². The second kappa shape index (κ2) is 8.10. The molecule has 4 rings (SSSR count). The van der Waals surface area contributed by atoms with Crippen LogP contribution in [0.2, 0.25) is 0 Å². The first-order valence-corrected chi connectivity index (χ1v) is 9.83. The maximum absolute atomic E-state index is 12.7. The minimum Gasteiger partial charge on any atom is -0.478 e. The third kappa shape index (κ3) is 3.98. The van der Waals surface area contributed by atoms with Gasteiger partial charge in [0.15, 0.2) is 0 Å². The maximum Gasteiger partial charge on any atom is 0.249 e. The number of amides is 1. The number of carbonyl (C=O) groups excluding carboxylic acids is 1. The standard InChI is InChI=1S/C21H25N3O3/c22-10-15-6-7-20(23-11-15)26-9-8-17-14-27-19-13-24(12-18(17)19)21(25)16-4-2-1-3-5-16/h4,6-7,11,17-19H,1-3,5,8-9,12-14H2/t17-,18-,19-/m1/s1. The molecule has 2 saturated heterocycles.